The van der Waals surface area contributed by atoms with Gasteiger partial charge in [0.1, 0.15) is 17.3 Å². The number of thiazole rings is 1. The molecule has 0 bridgehead atoms. The van der Waals surface area contributed by atoms with E-state index in [9.17, 15) is 19.7 Å². The first-order chi connectivity index (χ1) is 22.2. The number of carbonyl (C=O) groups excluding carboxylic acids is 1. The standard InChI is InChI=1S/C35H29N3O7S/c1-5-44-34(40)30-31(22-9-7-6-8-10-22)36-35-37(32(30)23-11-13-25(43-4)14-12-23)33(39)29(46-35)19-26-15-16-28(45-26)24-17-20(2)21(3)27(18-24)38(41)42/h6-19,32H,5H2,1-4H3/b29-19-/t32-/m1/s1. The predicted octanol–water partition coefficient (Wildman–Crippen LogP) is 5.73. The predicted molar refractivity (Wildman–Crippen MR) is 174 cm³/mol. The fourth-order valence-corrected chi connectivity index (χ4v) is 6.41. The molecule has 10 nitrogen and oxygen atoms in total. The monoisotopic (exact) mass is 635 g/mol. The van der Waals surface area contributed by atoms with Crippen molar-refractivity contribution >= 4 is 34.8 Å². The van der Waals surface area contributed by atoms with Crippen LogP contribution in [0, 0.1) is 24.0 Å². The van der Waals surface area contributed by atoms with Gasteiger partial charge < -0.3 is 13.9 Å². The lowest BCUT2D eigenvalue weighted by molar-refractivity contribution is -0.385. The molecule has 232 valence electrons. The van der Waals surface area contributed by atoms with Gasteiger partial charge in [-0.1, -0.05) is 53.8 Å². The number of rotatable bonds is 8. The number of esters is 1. The molecule has 0 saturated carbocycles. The third kappa shape index (κ3) is 5.56. The van der Waals surface area contributed by atoms with E-state index in [4.69, 9.17) is 18.9 Å². The zero-order chi connectivity index (χ0) is 32.5. The summed E-state index contributed by atoms with van der Waals surface area (Å²) in [7, 11) is 1.57. The number of hydrogen-bond donors (Lipinski definition) is 0. The number of nitro benzene ring substituents is 1. The van der Waals surface area contributed by atoms with E-state index in [-0.39, 0.29) is 23.4 Å². The molecule has 3 aromatic carbocycles. The van der Waals surface area contributed by atoms with Crippen LogP contribution in [0.5, 0.6) is 5.75 Å². The van der Waals surface area contributed by atoms with E-state index in [0.717, 1.165) is 5.56 Å². The molecule has 5 aromatic rings. The second-order valence-electron chi connectivity index (χ2n) is 10.6. The van der Waals surface area contributed by atoms with E-state index in [2.05, 4.69) is 0 Å². The highest BCUT2D eigenvalue weighted by Gasteiger charge is 2.35. The van der Waals surface area contributed by atoms with E-state index >= 15 is 0 Å². The molecular formula is C35H29N3O7S. The normalized spacial score (nSPS) is 14.5. The fraction of sp³-hybridized carbons (Fsp3) is 0.171. The molecule has 1 aliphatic rings. The van der Waals surface area contributed by atoms with Crippen molar-refractivity contribution in [2.45, 2.75) is 26.8 Å². The molecule has 1 aliphatic heterocycles. The minimum Gasteiger partial charge on any atom is -0.497 e. The molecule has 0 N–H and O–H groups in total. The van der Waals surface area contributed by atoms with Crippen molar-refractivity contribution in [3.05, 3.63) is 142 Å². The van der Waals surface area contributed by atoms with Crippen LogP contribution < -0.4 is 19.6 Å². The maximum Gasteiger partial charge on any atom is 0.338 e. The van der Waals surface area contributed by atoms with Crippen LogP contribution in [0.15, 0.2) is 98.6 Å². The zero-order valence-corrected chi connectivity index (χ0v) is 26.3. The van der Waals surface area contributed by atoms with Gasteiger partial charge in [-0.05, 0) is 62.2 Å². The summed E-state index contributed by atoms with van der Waals surface area (Å²) in [6.45, 7) is 5.39. The molecule has 0 amide bonds. The highest BCUT2D eigenvalue weighted by atomic mass is 32.1. The number of ether oxygens (including phenoxy) is 2. The number of carbonyl (C=O) groups is 1. The third-order valence-corrected chi connectivity index (χ3v) is 8.81. The smallest absolute Gasteiger partial charge is 0.338 e. The minimum atomic E-state index is -0.832. The van der Waals surface area contributed by atoms with Gasteiger partial charge in [-0.3, -0.25) is 19.5 Å². The van der Waals surface area contributed by atoms with Gasteiger partial charge in [0, 0.05) is 28.8 Å². The average molecular weight is 636 g/mol. The highest BCUT2D eigenvalue weighted by molar-refractivity contribution is 7.07. The topological polar surface area (TPSA) is 126 Å². The van der Waals surface area contributed by atoms with Gasteiger partial charge in [-0.25, -0.2) is 9.79 Å². The van der Waals surface area contributed by atoms with Crippen LogP contribution in [0.3, 0.4) is 0 Å². The van der Waals surface area contributed by atoms with E-state index < -0.39 is 16.9 Å². The number of nitro groups is 1. The minimum absolute atomic E-state index is 0.00594. The molecule has 0 aliphatic carbocycles. The van der Waals surface area contributed by atoms with Crippen molar-refractivity contribution < 1.29 is 23.6 Å². The molecule has 0 radical (unpaired) electrons. The Morgan fingerprint density at radius 3 is 2.48 bits per heavy atom. The van der Waals surface area contributed by atoms with Crippen molar-refractivity contribution in [3.8, 4) is 17.1 Å². The van der Waals surface area contributed by atoms with Crippen molar-refractivity contribution in [3.63, 3.8) is 0 Å². The van der Waals surface area contributed by atoms with Crippen molar-refractivity contribution in [2.75, 3.05) is 13.7 Å². The van der Waals surface area contributed by atoms with Crippen LogP contribution in [0.4, 0.5) is 5.69 Å². The highest BCUT2D eigenvalue weighted by Crippen LogP contribution is 2.36. The summed E-state index contributed by atoms with van der Waals surface area (Å²) in [5.74, 6) is 0.870. The van der Waals surface area contributed by atoms with Crippen LogP contribution in [-0.2, 0) is 9.53 Å². The summed E-state index contributed by atoms with van der Waals surface area (Å²) < 4.78 is 18.8. The lowest BCUT2D eigenvalue weighted by Crippen LogP contribution is -2.40. The first-order valence-electron chi connectivity index (χ1n) is 14.5. The van der Waals surface area contributed by atoms with Crippen LogP contribution in [0.2, 0.25) is 0 Å². The lowest BCUT2D eigenvalue weighted by atomic mass is 9.93. The maximum atomic E-state index is 14.1. The van der Waals surface area contributed by atoms with Gasteiger partial charge in [-0.15, -0.1) is 0 Å². The molecule has 0 saturated heterocycles. The van der Waals surface area contributed by atoms with Gasteiger partial charge >= 0.3 is 5.97 Å². The fourth-order valence-electron chi connectivity index (χ4n) is 5.43. The van der Waals surface area contributed by atoms with Gasteiger partial charge in [0.15, 0.2) is 4.80 Å². The van der Waals surface area contributed by atoms with E-state index in [1.165, 1.54) is 22.0 Å². The second-order valence-corrected chi connectivity index (χ2v) is 11.6. The largest absolute Gasteiger partial charge is 0.497 e. The number of aromatic nitrogens is 1. The molecule has 0 fully saturated rings. The Balaban J connectivity index is 1.53. The summed E-state index contributed by atoms with van der Waals surface area (Å²) in [4.78, 5) is 44.2. The Labute approximate surface area is 267 Å². The molecule has 2 aromatic heterocycles. The summed E-state index contributed by atoms with van der Waals surface area (Å²) in [5.41, 5.74) is 3.60. The van der Waals surface area contributed by atoms with Gasteiger partial charge in [0.25, 0.3) is 11.2 Å². The van der Waals surface area contributed by atoms with Crippen molar-refractivity contribution in [1.29, 1.82) is 0 Å². The summed E-state index contributed by atoms with van der Waals surface area (Å²) >= 11 is 1.17. The summed E-state index contributed by atoms with van der Waals surface area (Å²) in [6.07, 6.45) is 1.62. The molecule has 46 heavy (non-hydrogen) atoms. The molecule has 6 rings (SSSR count). The number of methoxy groups -OCH3 is 1. The van der Waals surface area contributed by atoms with Crippen molar-refractivity contribution in [2.24, 2.45) is 4.99 Å². The number of benzene rings is 3. The Hall–Kier alpha value is -5.55. The van der Waals surface area contributed by atoms with Crippen LogP contribution in [0.25, 0.3) is 23.1 Å². The third-order valence-electron chi connectivity index (χ3n) is 7.83. The molecule has 0 unspecified atom stereocenters. The molecular weight excluding hydrogens is 606 g/mol. The van der Waals surface area contributed by atoms with Crippen LogP contribution in [-0.4, -0.2) is 29.2 Å². The van der Waals surface area contributed by atoms with Crippen molar-refractivity contribution in [1.82, 2.24) is 4.57 Å². The van der Waals surface area contributed by atoms with E-state index in [1.807, 2.05) is 55.5 Å². The Morgan fingerprint density at radius 1 is 1.07 bits per heavy atom. The Morgan fingerprint density at radius 2 is 1.80 bits per heavy atom. The summed E-state index contributed by atoms with van der Waals surface area (Å²) in [5, 5.41) is 11.6. The molecule has 1 atom stereocenters. The lowest BCUT2D eigenvalue weighted by Gasteiger charge is -2.26. The number of hydrogen-bond acceptors (Lipinski definition) is 9. The van der Waals surface area contributed by atoms with Gasteiger partial charge in [0.2, 0.25) is 0 Å². The maximum absolute atomic E-state index is 14.1. The SMILES string of the molecule is CCOC(=O)C1=C(c2ccccc2)N=c2s/c(=C\c3ccc(-c4cc(C)c(C)c([N+](=O)[O-])c4)o3)c(=O)n2[C@@H]1c1ccc(OC)cc1. The van der Waals surface area contributed by atoms with Crippen LogP contribution >= 0.6 is 11.3 Å². The van der Waals surface area contributed by atoms with Gasteiger partial charge in [-0.2, -0.15) is 0 Å². The number of aryl methyl sites for hydroxylation is 1. The zero-order valence-electron chi connectivity index (χ0n) is 25.5. The van der Waals surface area contributed by atoms with Crippen LogP contribution in [0.1, 0.15) is 41.0 Å². The first-order valence-corrected chi connectivity index (χ1v) is 15.3. The molecule has 11 heteroatoms. The Kier molecular flexibility index (Phi) is 8.25. The molecule has 3 heterocycles. The number of nitrogens with zero attached hydrogens (tertiary/aromatic N) is 3. The summed E-state index contributed by atoms with van der Waals surface area (Å²) in [6, 6.07) is 22.4. The quantitative estimate of drug-likeness (QED) is 0.121. The van der Waals surface area contributed by atoms with Gasteiger partial charge in [0.05, 0.1) is 40.5 Å². The molecule has 0 spiro atoms. The number of fused-ring (bicyclic) bond motifs is 1. The first kappa shape index (κ1) is 30.5. The van der Waals surface area contributed by atoms with E-state index in [0.29, 0.717) is 54.6 Å². The average Bonchev–Trinajstić information content (AvgIpc) is 3.65. The van der Waals surface area contributed by atoms with E-state index in [1.54, 1.807) is 51.3 Å². The Bertz CT molecular complexity index is 2190. The second kappa shape index (κ2) is 12.4. The number of furan rings is 1.